The molecule has 0 aromatic carbocycles. The van der Waals surface area contributed by atoms with Gasteiger partial charge in [0.25, 0.3) is 12.9 Å². The predicted octanol–water partition coefficient (Wildman–Crippen LogP) is 4.57. The first-order chi connectivity index (χ1) is 21.0. The average Bonchev–Trinajstić information content (AvgIpc) is 3.41. The number of hydrogen-bond acceptors (Lipinski definition) is 10. The summed E-state index contributed by atoms with van der Waals surface area (Å²) >= 11 is 6.31. The van der Waals surface area contributed by atoms with E-state index in [1.807, 2.05) is 6.92 Å². The van der Waals surface area contributed by atoms with Crippen LogP contribution in [0.3, 0.4) is 0 Å². The summed E-state index contributed by atoms with van der Waals surface area (Å²) in [6.45, 7) is 3.79. The highest BCUT2D eigenvalue weighted by Gasteiger charge is 2.50. The Bertz CT molecular complexity index is 1550. The van der Waals surface area contributed by atoms with Gasteiger partial charge in [0, 0.05) is 25.2 Å². The number of halogens is 5. The predicted molar refractivity (Wildman–Crippen MR) is 149 cm³/mol. The van der Waals surface area contributed by atoms with Crippen LogP contribution in [0, 0.1) is 0 Å². The summed E-state index contributed by atoms with van der Waals surface area (Å²) in [7, 11) is 0. The molecule has 0 saturated carbocycles. The summed E-state index contributed by atoms with van der Waals surface area (Å²) in [6, 6.07) is 5.41. The van der Waals surface area contributed by atoms with Crippen molar-refractivity contribution < 1.29 is 41.7 Å². The molecule has 1 spiro atoms. The fourth-order valence-corrected chi connectivity index (χ4v) is 5.84. The zero-order valence-electron chi connectivity index (χ0n) is 23.2. The Morgan fingerprint density at radius 2 is 1.91 bits per heavy atom. The Morgan fingerprint density at radius 1 is 1.11 bits per heavy atom. The van der Waals surface area contributed by atoms with E-state index < -0.39 is 48.1 Å². The third-order valence-corrected chi connectivity index (χ3v) is 8.26. The summed E-state index contributed by atoms with van der Waals surface area (Å²) in [5, 5.41) is 10.4. The maximum absolute atomic E-state index is 13.9. The minimum atomic E-state index is -3.12. The van der Waals surface area contributed by atoms with Crippen molar-refractivity contribution >= 4 is 29.1 Å². The van der Waals surface area contributed by atoms with Crippen molar-refractivity contribution in [3.8, 4) is 17.3 Å². The second kappa shape index (κ2) is 11.9. The average molecular weight is 639 g/mol. The number of aromatic nitrogens is 4. The van der Waals surface area contributed by atoms with Crippen molar-refractivity contribution in [2.75, 3.05) is 42.7 Å². The Balaban J connectivity index is 1.30. The number of hydrogen-bond donors (Lipinski definition) is 1. The second-order valence-corrected chi connectivity index (χ2v) is 11.2. The Labute approximate surface area is 253 Å². The van der Waals surface area contributed by atoms with Crippen LogP contribution < -0.4 is 14.5 Å². The van der Waals surface area contributed by atoms with Gasteiger partial charge in [-0.2, -0.15) is 0 Å². The van der Waals surface area contributed by atoms with Crippen LogP contribution in [0.5, 0.6) is 5.88 Å². The van der Waals surface area contributed by atoms with E-state index in [0.717, 1.165) is 6.07 Å². The summed E-state index contributed by atoms with van der Waals surface area (Å²) in [5.41, 5.74) is -0.683. The first kappa shape index (κ1) is 30.2. The zero-order valence-corrected chi connectivity index (χ0v) is 24.0. The number of morpholine rings is 1. The molecular formula is C28H27ClF4N6O5. The molecule has 3 saturated heterocycles. The number of ether oxygens (including phenoxy) is 3. The SMILES string of the molecule is C[C@@H]1N(c2cc(Cl)cnc2O[C@H]2C[C@@H](C(=O)O)N(c3cc(-c4cccc(C(F)F)n4)nc(C(F)F)n3)C2)CCOC12COC2. The molecular weight excluding hydrogens is 612 g/mol. The maximum atomic E-state index is 13.9. The van der Waals surface area contributed by atoms with Gasteiger partial charge in [0.05, 0.1) is 48.8 Å². The number of nitrogens with zero attached hydrogens (tertiary/aromatic N) is 6. The van der Waals surface area contributed by atoms with Crippen LogP contribution in [0.2, 0.25) is 5.02 Å². The zero-order chi connectivity index (χ0) is 31.2. The number of rotatable bonds is 8. The van der Waals surface area contributed by atoms with E-state index in [9.17, 15) is 27.5 Å². The van der Waals surface area contributed by atoms with Gasteiger partial charge in [-0.3, -0.25) is 0 Å². The number of alkyl halides is 4. The third kappa shape index (κ3) is 5.71. The molecule has 6 heterocycles. The molecule has 3 aliphatic heterocycles. The quantitative estimate of drug-likeness (QED) is 0.349. The molecule has 1 N–H and O–H groups in total. The lowest BCUT2D eigenvalue weighted by atomic mass is 9.90. The van der Waals surface area contributed by atoms with Crippen LogP contribution >= 0.6 is 11.6 Å². The molecule has 16 heteroatoms. The summed E-state index contributed by atoms with van der Waals surface area (Å²) < 4.78 is 72.0. The van der Waals surface area contributed by atoms with E-state index in [1.54, 1.807) is 6.07 Å². The Hall–Kier alpha value is -3.82. The van der Waals surface area contributed by atoms with Gasteiger partial charge in [0.1, 0.15) is 34.9 Å². The van der Waals surface area contributed by atoms with Crippen LogP contribution in [-0.2, 0) is 14.3 Å². The molecule has 0 bridgehead atoms. The van der Waals surface area contributed by atoms with E-state index in [4.69, 9.17) is 25.8 Å². The van der Waals surface area contributed by atoms with Gasteiger partial charge < -0.3 is 29.1 Å². The molecule has 3 aliphatic rings. The van der Waals surface area contributed by atoms with Crippen LogP contribution in [-0.4, -0.2) is 87.7 Å². The van der Waals surface area contributed by atoms with E-state index in [-0.39, 0.29) is 42.1 Å². The molecule has 11 nitrogen and oxygen atoms in total. The van der Waals surface area contributed by atoms with E-state index >= 15 is 0 Å². The fourth-order valence-electron chi connectivity index (χ4n) is 5.69. The molecule has 0 amide bonds. The van der Waals surface area contributed by atoms with Crippen molar-refractivity contribution in [3.63, 3.8) is 0 Å². The molecule has 3 aromatic heterocycles. The molecule has 0 radical (unpaired) electrons. The minimum absolute atomic E-state index is 0.0298. The minimum Gasteiger partial charge on any atom is -0.480 e. The third-order valence-electron chi connectivity index (χ3n) is 8.05. The summed E-state index contributed by atoms with van der Waals surface area (Å²) in [5.74, 6) is -2.04. The molecule has 3 fully saturated rings. The highest BCUT2D eigenvalue weighted by atomic mass is 35.5. The highest BCUT2D eigenvalue weighted by molar-refractivity contribution is 6.30. The van der Waals surface area contributed by atoms with Gasteiger partial charge in [0.2, 0.25) is 5.88 Å². The van der Waals surface area contributed by atoms with Gasteiger partial charge in [-0.1, -0.05) is 17.7 Å². The van der Waals surface area contributed by atoms with Crippen molar-refractivity contribution in [2.45, 2.75) is 50.0 Å². The van der Waals surface area contributed by atoms with Gasteiger partial charge in [0.15, 0.2) is 5.82 Å². The van der Waals surface area contributed by atoms with Crippen molar-refractivity contribution in [2.24, 2.45) is 0 Å². The summed E-state index contributed by atoms with van der Waals surface area (Å²) in [6.07, 6.45) is -5.36. The Morgan fingerprint density at radius 3 is 2.59 bits per heavy atom. The largest absolute Gasteiger partial charge is 0.480 e. The lowest BCUT2D eigenvalue weighted by Gasteiger charge is -2.53. The van der Waals surface area contributed by atoms with Crippen molar-refractivity contribution in [1.82, 2.24) is 19.9 Å². The molecule has 6 rings (SSSR count). The van der Waals surface area contributed by atoms with Gasteiger partial charge >= 0.3 is 5.97 Å². The molecule has 44 heavy (non-hydrogen) atoms. The molecule has 3 aromatic rings. The normalized spacial score (nSPS) is 23.0. The van der Waals surface area contributed by atoms with Crippen LogP contribution in [0.15, 0.2) is 36.5 Å². The van der Waals surface area contributed by atoms with Crippen molar-refractivity contribution in [3.05, 3.63) is 53.1 Å². The molecule has 0 aliphatic carbocycles. The number of carboxylic acid groups (broad SMARTS) is 1. The lowest BCUT2D eigenvalue weighted by molar-refractivity contribution is -0.228. The van der Waals surface area contributed by atoms with Crippen LogP contribution in [0.25, 0.3) is 11.4 Å². The number of pyridine rings is 2. The topological polar surface area (TPSA) is 123 Å². The highest BCUT2D eigenvalue weighted by Crippen LogP contribution is 2.40. The lowest BCUT2D eigenvalue weighted by Crippen LogP contribution is -2.68. The van der Waals surface area contributed by atoms with E-state index in [1.165, 1.54) is 29.3 Å². The first-order valence-electron chi connectivity index (χ1n) is 13.8. The Kier molecular flexibility index (Phi) is 8.20. The molecule has 3 atom stereocenters. The molecule has 234 valence electrons. The van der Waals surface area contributed by atoms with Gasteiger partial charge in [-0.15, -0.1) is 0 Å². The second-order valence-electron chi connectivity index (χ2n) is 10.8. The van der Waals surface area contributed by atoms with Crippen LogP contribution in [0.1, 0.15) is 37.7 Å². The molecule has 0 unspecified atom stereocenters. The number of carbonyl (C=O) groups is 1. The fraction of sp³-hybridized carbons (Fsp3) is 0.464. The van der Waals surface area contributed by atoms with Crippen LogP contribution in [0.4, 0.5) is 29.1 Å². The summed E-state index contributed by atoms with van der Waals surface area (Å²) in [4.78, 5) is 31.7. The number of anilines is 2. The standard InChI is InChI=1S/C28H27ClF4N6O5/c1-14-28(12-42-13-28)43-6-5-38(14)20-7-15(29)10-34-26(20)44-16-8-21(27(40)41)39(11-16)22-9-19(36-25(37-22)24(32)33)17-3-2-4-18(35-17)23(30)31/h2-4,7,9-10,14,16,21,23-24H,5-6,8,11-13H2,1H3,(H,40,41)/t14-,16-,21-/m0/s1. The number of carboxylic acids is 1. The first-order valence-corrected chi connectivity index (χ1v) is 14.1. The number of aliphatic carboxylic acids is 1. The monoisotopic (exact) mass is 638 g/mol. The van der Waals surface area contributed by atoms with E-state index in [0.29, 0.717) is 37.1 Å². The van der Waals surface area contributed by atoms with Gasteiger partial charge in [-0.25, -0.2) is 42.3 Å². The van der Waals surface area contributed by atoms with Crippen molar-refractivity contribution in [1.29, 1.82) is 0 Å². The smallest absolute Gasteiger partial charge is 0.326 e. The van der Waals surface area contributed by atoms with Gasteiger partial charge in [-0.05, 0) is 25.1 Å². The van der Waals surface area contributed by atoms with E-state index in [2.05, 4.69) is 24.8 Å². The maximum Gasteiger partial charge on any atom is 0.326 e.